The smallest absolute Gasteiger partial charge is 0.216 e. The Bertz CT molecular complexity index is 669. The molecule has 2 atom stereocenters. The van der Waals surface area contributed by atoms with E-state index in [4.69, 9.17) is 14.2 Å². The van der Waals surface area contributed by atoms with Crippen molar-refractivity contribution in [2.75, 3.05) is 13.2 Å². The molecule has 4 rings (SSSR count). The molecule has 0 radical (unpaired) electrons. The molecule has 0 amide bonds. The van der Waals surface area contributed by atoms with Crippen molar-refractivity contribution < 1.29 is 14.2 Å². The molecule has 0 aliphatic carbocycles. The van der Waals surface area contributed by atoms with Crippen molar-refractivity contribution in [3.8, 4) is 11.5 Å². The van der Waals surface area contributed by atoms with Gasteiger partial charge < -0.3 is 14.2 Å². The average Bonchev–Trinajstić information content (AvgIpc) is 3.05. The Morgan fingerprint density at radius 3 is 2.43 bits per heavy atom. The highest BCUT2D eigenvalue weighted by molar-refractivity contribution is 5.95. The number of para-hydroxylation sites is 2. The third-order valence-corrected chi connectivity index (χ3v) is 3.64. The Balaban J connectivity index is 1.46. The fraction of sp³-hybridized carbons (Fsp3) is 0.235. The minimum Gasteiger partial charge on any atom is -0.486 e. The van der Waals surface area contributed by atoms with Crippen LogP contribution in [-0.2, 0) is 4.74 Å². The van der Waals surface area contributed by atoms with Gasteiger partial charge in [-0.25, -0.2) is 4.99 Å². The minimum atomic E-state index is -0.134. The first-order chi connectivity index (χ1) is 10.4. The molecular weight excluding hydrogens is 266 g/mol. The Morgan fingerprint density at radius 2 is 1.57 bits per heavy atom. The molecule has 2 aromatic rings. The molecule has 0 bridgehead atoms. The van der Waals surface area contributed by atoms with Crippen LogP contribution in [0.1, 0.15) is 5.56 Å². The molecule has 2 aromatic carbocycles. The SMILES string of the molecule is c1ccc(C2=NCC(C3COc4ccccc4O3)O2)cc1. The van der Waals surface area contributed by atoms with Crippen LogP contribution in [0.3, 0.4) is 0 Å². The van der Waals surface area contributed by atoms with Gasteiger partial charge >= 0.3 is 0 Å². The molecule has 0 saturated heterocycles. The van der Waals surface area contributed by atoms with E-state index in [1.165, 1.54) is 0 Å². The van der Waals surface area contributed by atoms with E-state index in [-0.39, 0.29) is 12.2 Å². The van der Waals surface area contributed by atoms with Gasteiger partial charge in [0, 0.05) is 5.56 Å². The number of nitrogens with zero attached hydrogens (tertiary/aromatic N) is 1. The number of hydrogen-bond acceptors (Lipinski definition) is 4. The van der Waals surface area contributed by atoms with Crippen molar-refractivity contribution in [2.45, 2.75) is 12.2 Å². The lowest BCUT2D eigenvalue weighted by atomic mass is 10.2. The van der Waals surface area contributed by atoms with Crippen LogP contribution in [0.15, 0.2) is 59.6 Å². The third kappa shape index (κ3) is 2.33. The lowest BCUT2D eigenvalue weighted by Gasteiger charge is -2.29. The van der Waals surface area contributed by atoms with Crippen LogP contribution in [0.2, 0.25) is 0 Å². The summed E-state index contributed by atoms with van der Waals surface area (Å²) >= 11 is 0. The second kappa shape index (κ2) is 5.13. The largest absolute Gasteiger partial charge is 0.486 e. The van der Waals surface area contributed by atoms with Crippen LogP contribution in [-0.4, -0.2) is 31.3 Å². The maximum absolute atomic E-state index is 5.98. The van der Waals surface area contributed by atoms with Gasteiger partial charge in [0.2, 0.25) is 5.90 Å². The Morgan fingerprint density at radius 1 is 0.810 bits per heavy atom. The van der Waals surface area contributed by atoms with E-state index in [1.807, 2.05) is 54.6 Å². The maximum Gasteiger partial charge on any atom is 0.216 e. The molecule has 0 aromatic heterocycles. The number of rotatable bonds is 2. The highest BCUT2D eigenvalue weighted by Gasteiger charge is 2.34. The molecule has 2 heterocycles. The van der Waals surface area contributed by atoms with Gasteiger partial charge in [-0.3, -0.25) is 0 Å². The molecule has 2 aliphatic heterocycles. The van der Waals surface area contributed by atoms with Gasteiger partial charge in [-0.2, -0.15) is 0 Å². The topological polar surface area (TPSA) is 40.0 Å². The monoisotopic (exact) mass is 281 g/mol. The normalized spacial score (nSPS) is 23.3. The van der Waals surface area contributed by atoms with Gasteiger partial charge in [0.25, 0.3) is 0 Å². The van der Waals surface area contributed by atoms with E-state index in [1.54, 1.807) is 0 Å². The zero-order valence-electron chi connectivity index (χ0n) is 11.4. The summed E-state index contributed by atoms with van der Waals surface area (Å²) in [5.41, 5.74) is 0.997. The van der Waals surface area contributed by atoms with E-state index < -0.39 is 0 Å². The van der Waals surface area contributed by atoms with Crippen molar-refractivity contribution in [3.63, 3.8) is 0 Å². The number of benzene rings is 2. The zero-order chi connectivity index (χ0) is 14.1. The van der Waals surface area contributed by atoms with Crippen LogP contribution < -0.4 is 9.47 Å². The maximum atomic E-state index is 5.98. The summed E-state index contributed by atoms with van der Waals surface area (Å²) in [6.07, 6.45) is -0.238. The predicted octanol–water partition coefficient (Wildman–Crippen LogP) is 2.67. The molecule has 0 N–H and O–H groups in total. The fourth-order valence-electron chi connectivity index (χ4n) is 2.54. The first kappa shape index (κ1) is 12.3. The van der Waals surface area contributed by atoms with Gasteiger partial charge in [0.05, 0.1) is 6.54 Å². The summed E-state index contributed by atoms with van der Waals surface area (Å²) in [5.74, 6) is 2.24. The van der Waals surface area contributed by atoms with E-state index in [9.17, 15) is 0 Å². The zero-order valence-corrected chi connectivity index (χ0v) is 11.4. The van der Waals surface area contributed by atoms with E-state index >= 15 is 0 Å². The fourth-order valence-corrected chi connectivity index (χ4v) is 2.54. The second-order valence-electron chi connectivity index (χ2n) is 5.08. The van der Waals surface area contributed by atoms with Crippen molar-refractivity contribution in [1.29, 1.82) is 0 Å². The van der Waals surface area contributed by atoms with Crippen LogP contribution in [0, 0.1) is 0 Å². The quantitative estimate of drug-likeness (QED) is 0.849. The molecular formula is C17H15NO3. The van der Waals surface area contributed by atoms with Crippen molar-refractivity contribution in [3.05, 3.63) is 60.2 Å². The molecule has 0 saturated carbocycles. The summed E-state index contributed by atoms with van der Waals surface area (Å²) in [7, 11) is 0. The third-order valence-electron chi connectivity index (χ3n) is 3.64. The lowest BCUT2D eigenvalue weighted by Crippen LogP contribution is -2.41. The average molecular weight is 281 g/mol. The van der Waals surface area contributed by atoms with Crippen LogP contribution in [0.4, 0.5) is 0 Å². The summed E-state index contributed by atoms with van der Waals surface area (Å²) < 4.78 is 17.7. The molecule has 4 nitrogen and oxygen atoms in total. The summed E-state index contributed by atoms with van der Waals surface area (Å²) in [4.78, 5) is 4.48. The van der Waals surface area contributed by atoms with Crippen LogP contribution in [0.5, 0.6) is 11.5 Å². The standard InChI is InChI=1S/C17H15NO3/c1-2-6-12(7-3-1)17-18-10-15(21-17)16-11-19-13-8-4-5-9-14(13)20-16/h1-9,15-16H,10-11H2. The summed E-state index contributed by atoms with van der Waals surface area (Å²) in [6.45, 7) is 1.08. The Hall–Kier alpha value is -2.49. The molecule has 2 aliphatic rings. The van der Waals surface area contributed by atoms with E-state index in [2.05, 4.69) is 4.99 Å². The van der Waals surface area contributed by atoms with Crippen molar-refractivity contribution in [1.82, 2.24) is 0 Å². The number of fused-ring (bicyclic) bond motifs is 1. The van der Waals surface area contributed by atoms with Gasteiger partial charge in [-0.1, -0.05) is 30.3 Å². The van der Waals surface area contributed by atoms with Crippen LogP contribution in [0.25, 0.3) is 0 Å². The van der Waals surface area contributed by atoms with Gasteiger partial charge in [-0.05, 0) is 24.3 Å². The molecule has 4 heteroatoms. The number of hydrogen-bond donors (Lipinski definition) is 0. The molecule has 2 unspecified atom stereocenters. The summed E-state index contributed by atoms with van der Waals surface area (Å²) in [6, 6.07) is 17.6. The predicted molar refractivity (Wildman–Crippen MR) is 79.1 cm³/mol. The van der Waals surface area contributed by atoms with Gasteiger partial charge in [0.15, 0.2) is 23.7 Å². The number of aliphatic imine (C=N–C) groups is 1. The first-order valence-electron chi connectivity index (χ1n) is 7.05. The van der Waals surface area contributed by atoms with E-state index in [0.29, 0.717) is 19.0 Å². The van der Waals surface area contributed by atoms with Crippen molar-refractivity contribution >= 4 is 5.90 Å². The highest BCUT2D eigenvalue weighted by atomic mass is 16.6. The lowest BCUT2D eigenvalue weighted by molar-refractivity contribution is 0.0103. The molecule has 0 spiro atoms. The highest BCUT2D eigenvalue weighted by Crippen LogP contribution is 2.32. The molecule has 0 fully saturated rings. The van der Waals surface area contributed by atoms with Crippen molar-refractivity contribution in [2.24, 2.45) is 4.99 Å². The Labute approximate surface area is 123 Å². The first-order valence-corrected chi connectivity index (χ1v) is 7.05. The second-order valence-corrected chi connectivity index (χ2v) is 5.08. The van der Waals surface area contributed by atoms with Gasteiger partial charge in [0.1, 0.15) is 6.61 Å². The summed E-state index contributed by atoms with van der Waals surface area (Å²) in [5, 5.41) is 0. The van der Waals surface area contributed by atoms with Crippen LogP contribution >= 0.6 is 0 Å². The van der Waals surface area contributed by atoms with Gasteiger partial charge in [-0.15, -0.1) is 0 Å². The molecule has 21 heavy (non-hydrogen) atoms. The minimum absolute atomic E-state index is 0.103. The number of ether oxygens (including phenoxy) is 3. The Kier molecular flexibility index (Phi) is 2.99. The molecule has 106 valence electrons. The van der Waals surface area contributed by atoms with E-state index in [0.717, 1.165) is 17.1 Å².